The number of fused-ring (bicyclic) bond motifs is 4. The van der Waals surface area contributed by atoms with Gasteiger partial charge in [-0.15, -0.1) is 16.4 Å². The monoisotopic (exact) mass is 411 g/mol. The first-order chi connectivity index (χ1) is 13.6. The highest BCUT2D eigenvalue weighted by Crippen LogP contribution is 2.36. The molecule has 1 atom stereocenters. The molecular formula is C19H17N5O2S2. The van der Waals surface area contributed by atoms with E-state index in [-0.39, 0.29) is 17.0 Å². The Balaban J connectivity index is 1.47. The van der Waals surface area contributed by atoms with E-state index in [2.05, 4.69) is 27.2 Å². The van der Waals surface area contributed by atoms with Gasteiger partial charge in [-0.05, 0) is 42.9 Å². The third-order valence-electron chi connectivity index (χ3n) is 5.10. The van der Waals surface area contributed by atoms with Crippen LogP contribution in [0.2, 0.25) is 0 Å². The van der Waals surface area contributed by atoms with Gasteiger partial charge in [-0.25, -0.2) is 4.98 Å². The van der Waals surface area contributed by atoms with E-state index in [1.54, 1.807) is 29.5 Å². The van der Waals surface area contributed by atoms with Crippen molar-refractivity contribution in [3.05, 3.63) is 55.4 Å². The first-order valence-electron chi connectivity index (χ1n) is 9.10. The minimum Gasteiger partial charge on any atom is -0.301 e. The van der Waals surface area contributed by atoms with Gasteiger partial charge in [-0.1, -0.05) is 36.0 Å². The highest BCUT2D eigenvalue weighted by atomic mass is 32.2. The Morgan fingerprint density at radius 3 is 3.07 bits per heavy atom. The highest BCUT2D eigenvalue weighted by Gasteiger charge is 2.23. The smallest absolute Gasteiger partial charge is 0.278 e. The van der Waals surface area contributed by atoms with Crippen LogP contribution in [0.5, 0.6) is 0 Å². The average molecular weight is 412 g/mol. The van der Waals surface area contributed by atoms with Crippen molar-refractivity contribution < 1.29 is 0 Å². The zero-order chi connectivity index (χ0) is 19.3. The fourth-order valence-electron chi connectivity index (χ4n) is 3.63. The fourth-order valence-corrected chi connectivity index (χ4v) is 5.80. The second-order valence-electron chi connectivity index (χ2n) is 7.09. The summed E-state index contributed by atoms with van der Waals surface area (Å²) in [5, 5.41) is 9.82. The number of H-pyrrole nitrogens is 1. The SMILES string of the molecule is C[C@@H]1CCc2c(sc3nc(SCn4nnc5ccccc5c4=O)[nH]c(=O)c23)C1. The van der Waals surface area contributed by atoms with Crippen LogP contribution in [0.15, 0.2) is 39.0 Å². The zero-order valence-electron chi connectivity index (χ0n) is 15.1. The van der Waals surface area contributed by atoms with Crippen molar-refractivity contribution in [2.45, 2.75) is 37.2 Å². The molecule has 0 unspecified atom stereocenters. The lowest BCUT2D eigenvalue weighted by Crippen LogP contribution is -2.23. The molecule has 0 aliphatic heterocycles. The standard InChI is InChI=1S/C19H17N5O2S2/c1-10-6-7-12-14(8-10)28-17-15(12)16(25)20-19(21-17)27-9-24-18(26)11-4-2-3-5-13(11)22-23-24/h2-5,10H,6-9H2,1H3,(H,20,21,25)/t10-/m1/s1. The second kappa shape index (κ2) is 6.82. The lowest BCUT2D eigenvalue weighted by molar-refractivity contribution is 0.509. The first kappa shape index (κ1) is 17.6. The number of thioether (sulfide) groups is 1. The predicted molar refractivity (Wildman–Crippen MR) is 111 cm³/mol. The van der Waals surface area contributed by atoms with Gasteiger partial charge in [0, 0.05) is 4.88 Å². The van der Waals surface area contributed by atoms with Crippen LogP contribution >= 0.6 is 23.1 Å². The van der Waals surface area contributed by atoms with Crippen molar-refractivity contribution in [2.24, 2.45) is 5.92 Å². The van der Waals surface area contributed by atoms with Gasteiger partial charge in [0.25, 0.3) is 11.1 Å². The molecule has 0 amide bonds. The van der Waals surface area contributed by atoms with Crippen molar-refractivity contribution in [3.8, 4) is 0 Å². The first-order valence-corrected chi connectivity index (χ1v) is 10.9. The Labute approximate surface area is 167 Å². The molecule has 7 nitrogen and oxygen atoms in total. The Hall–Kier alpha value is -2.52. The van der Waals surface area contributed by atoms with Crippen LogP contribution in [-0.2, 0) is 18.7 Å². The van der Waals surface area contributed by atoms with Crippen LogP contribution in [0.3, 0.4) is 0 Å². The molecule has 3 aromatic heterocycles. The van der Waals surface area contributed by atoms with Crippen molar-refractivity contribution in [1.29, 1.82) is 0 Å². The Morgan fingerprint density at radius 2 is 2.18 bits per heavy atom. The van der Waals surface area contributed by atoms with E-state index < -0.39 is 0 Å². The van der Waals surface area contributed by atoms with Crippen molar-refractivity contribution in [1.82, 2.24) is 25.0 Å². The lowest BCUT2D eigenvalue weighted by atomic mass is 9.89. The van der Waals surface area contributed by atoms with Gasteiger partial charge < -0.3 is 4.98 Å². The summed E-state index contributed by atoms with van der Waals surface area (Å²) >= 11 is 2.89. The summed E-state index contributed by atoms with van der Waals surface area (Å²) < 4.78 is 1.29. The number of thiophene rings is 1. The topological polar surface area (TPSA) is 93.5 Å². The summed E-state index contributed by atoms with van der Waals surface area (Å²) in [5.41, 5.74) is 1.43. The van der Waals surface area contributed by atoms with E-state index >= 15 is 0 Å². The van der Waals surface area contributed by atoms with E-state index in [1.807, 2.05) is 6.07 Å². The molecule has 1 aliphatic rings. The molecular weight excluding hydrogens is 394 g/mol. The number of aromatic amines is 1. The molecule has 142 valence electrons. The zero-order valence-corrected chi connectivity index (χ0v) is 16.8. The maximum Gasteiger partial charge on any atom is 0.278 e. The molecule has 0 radical (unpaired) electrons. The normalized spacial score (nSPS) is 16.5. The quantitative estimate of drug-likeness (QED) is 0.411. The Kier molecular flexibility index (Phi) is 4.28. The van der Waals surface area contributed by atoms with Gasteiger partial charge >= 0.3 is 0 Å². The minimum atomic E-state index is -0.206. The molecule has 1 aliphatic carbocycles. The van der Waals surface area contributed by atoms with Crippen molar-refractivity contribution in [2.75, 3.05) is 0 Å². The number of hydrogen-bond donors (Lipinski definition) is 1. The van der Waals surface area contributed by atoms with Crippen LogP contribution in [-0.4, -0.2) is 25.0 Å². The molecule has 4 aromatic rings. The van der Waals surface area contributed by atoms with Gasteiger partial charge in [-0.2, -0.15) is 4.68 Å². The van der Waals surface area contributed by atoms with E-state index in [9.17, 15) is 9.59 Å². The molecule has 9 heteroatoms. The molecule has 5 rings (SSSR count). The number of nitrogens with zero attached hydrogens (tertiary/aromatic N) is 4. The molecule has 0 spiro atoms. The third-order valence-corrected chi connectivity index (χ3v) is 7.09. The van der Waals surface area contributed by atoms with Crippen molar-refractivity contribution in [3.63, 3.8) is 0 Å². The summed E-state index contributed by atoms with van der Waals surface area (Å²) in [6.07, 6.45) is 3.06. The number of nitrogens with one attached hydrogen (secondary N) is 1. The van der Waals surface area contributed by atoms with E-state index in [0.29, 0.717) is 22.0 Å². The maximum absolute atomic E-state index is 12.7. The third kappa shape index (κ3) is 2.94. The van der Waals surface area contributed by atoms with Gasteiger partial charge in [-0.3, -0.25) is 9.59 Å². The van der Waals surface area contributed by atoms with Crippen LogP contribution in [0.1, 0.15) is 23.8 Å². The van der Waals surface area contributed by atoms with Crippen LogP contribution < -0.4 is 11.1 Å². The minimum absolute atomic E-state index is 0.100. The maximum atomic E-state index is 12.7. The van der Waals surface area contributed by atoms with Crippen LogP contribution in [0, 0.1) is 5.92 Å². The number of aryl methyl sites for hydroxylation is 1. The highest BCUT2D eigenvalue weighted by molar-refractivity contribution is 7.98. The predicted octanol–water partition coefficient (Wildman–Crippen LogP) is 2.96. The number of benzene rings is 1. The number of aromatic nitrogens is 5. The van der Waals surface area contributed by atoms with E-state index in [4.69, 9.17) is 0 Å². The molecule has 1 N–H and O–H groups in total. The molecule has 0 bridgehead atoms. The van der Waals surface area contributed by atoms with Gasteiger partial charge in [0.1, 0.15) is 10.3 Å². The second-order valence-corrected chi connectivity index (χ2v) is 9.10. The van der Waals surface area contributed by atoms with E-state index in [1.165, 1.54) is 26.9 Å². The Bertz CT molecular complexity index is 1320. The van der Waals surface area contributed by atoms with Crippen LogP contribution in [0.25, 0.3) is 21.1 Å². The Morgan fingerprint density at radius 1 is 1.32 bits per heavy atom. The number of hydrogen-bond acceptors (Lipinski definition) is 7. The van der Waals surface area contributed by atoms with Crippen molar-refractivity contribution >= 4 is 44.2 Å². The summed E-state index contributed by atoms with van der Waals surface area (Å²) in [6.45, 7) is 2.24. The fraction of sp³-hybridized carbons (Fsp3) is 0.316. The van der Waals surface area contributed by atoms with E-state index in [0.717, 1.165) is 29.5 Å². The molecule has 1 aromatic carbocycles. The molecule has 0 saturated heterocycles. The van der Waals surface area contributed by atoms with Crippen LogP contribution in [0.4, 0.5) is 0 Å². The van der Waals surface area contributed by atoms with Gasteiger partial charge in [0.2, 0.25) is 0 Å². The summed E-state index contributed by atoms with van der Waals surface area (Å²) in [5.74, 6) is 0.875. The van der Waals surface area contributed by atoms with Gasteiger partial charge in [0.15, 0.2) is 5.16 Å². The number of rotatable bonds is 3. The largest absolute Gasteiger partial charge is 0.301 e. The van der Waals surface area contributed by atoms with Gasteiger partial charge in [0.05, 0.1) is 16.6 Å². The molecule has 3 heterocycles. The summed E-state index contributed by atoms with van der Waals surface area (Å²) in [6, 6.07) is 7.11. The summed E-state index contributed by atoms with van der Waals surface area (Å²) in [4.78, 5) is 34.8. The lowest BCUT2D eigenvalue weighted by Gasteiger charge is -2.17. The average Bonchev–Trinajstić information content (AvgIpc) is 3.05. The summed E-state index contributed by atoms with van der Waals surface area (Å²) in [7, 11) is 0. The molecule has 28 heavy (non-hydrogen) atoms. The molecule has 0 fully saturated rings. The molecule has 0 saturated carbocycles.